The third-order valence-corrected chi connectivity index (χ3v) is 4.52. The van der Waals surface area contributed by atoms with Crippen LogP contribution in [0.4, 0.5) is 5.69 Å². The highest BCUT2D eigenvalue weighted by molar-refractivity contribution is 5.96. The second kappa shape index (κ2) is 6.15. The van der Waals surface area contributed by atoms with Crippen LogP contribution in [0.1, 0.15) is 19.4 Å². The molecule has 3 rings (SSSR count). The van der Waals surface area contributed by atoms with Crippen molar-refractivity contribution >= 4 is 24.0 Å². The van der Waals surface area contributed by atoms with Gasteiger partial charge >= 0.3 is 0 Å². The first-order valence-corrected chi connectivity index (χ1v) is 7.27. The first kappa shape index (κ1) is 15.3. The molecule has 0 spiro atoms. The molecule has 20 heavy (non-hydrogen) atoms. The lowest BCUT2D eigenvalue weighted by Crippen LogP contribution is -2.51. The van der Waals surface area contributed by atoms with Crippen LogP contribution in [0.15, 0.2) is 24.3 Å². The first-order chi connectivity index (χ1) is 9.16. The number of nitrogens with zero attached hydrogens (tertiary/aromatic N) is 1. The quantitative estimate of drug-likeness (QED) is 0.909. The smallest absolute Gasteiger partial charge is 0.230 e. The zero-order valence-electron chi connectivity index (χ0n) is 12.1. The van der Waals surface area contributed by atoms with Crippen molar-refractivity contribution in [2.75, 3.05) is 24.5 Å². The molecule has 1 amide bonds. The molecule has 0 radical (unpaired) electrons. The van der Waals surface area contributed by atoms with Crippen molar-refractivity contribution in [3.05, 3.63) is 29.8 Å². The Hall–Kier alpha value is -1.06. The number of para-hydroxylation sites is 1. The van der Waals surface area contributed by atoms with Gasteiger partial charge in [0, 0.05) is 18.2 Å². The molecule has 1 aromatic carbocycles. The topological polar surface area (TPSA) is 32.3 Å². The molecule has 0 aromatic heterocycles. The van der Waals surface area contributed by atoms with E-state index in [0.29, 0.717) is 17.7 Å². The minimum absolute atomic E-state index is 0. The van der Waals surface area contributed by atoms with Gasteiger partial charge in [-0.3, -0.25) is 4.79 Å². The third-order valence-electron chi connectivity index (χ3n) is 4.52. The van der Waals surface area contributed by atoms with E-state index in [1.54, 1.807) is 0 Å². The minimum atomic E-state index is 0. The molecule has 4 heteroatoms. The number of nitrogens with one attached hydrogen (secondary N) is 1. The fourth-order valence-corrected chi connectivity index (χ4v) is 3.12. The Morgan fingerprint density at radius 1 is 1.35 bits per heavy atom. The SMILES string of the molecule is CC1Cc2ccccc2N(C(=O)C(C)C2CNC2)C1.Cl. The molecular weight excluding hydrogens is 272 g/mol. The third kappa shape index (κ3) is 2.70. The maximum atomic E-state index is 12.7. The second-order valence-electron chi connectivity index (χ2n) is 6.09. The molecule has 0 saturated carbocycles. The van der Waals surface area contributed by atoms with Gasteiger partial charge in [-0.1, -0.05) is 32.0 Å². The van der Waals surface area contributed by atoms with Gasteiger partial charge in [0.15, 0.2) is 0 Å². The van der Waals surface area contributed by atoms with Crippen molar-refractivity contribution in [3.63, 3.8) is 0 Å². The van der Waals surface area contributed by atoms with E-state index in [-0.39, 0.29) is 18.3 Å². The number of hydrogen-bond donors (Lipinski definition) is 1. The van der Waals surface area contributed by atoms with Gasteiger partial charge in [0.05, 0.1) is 0 Å². The summed E-state index contributed by atoms with van der Waals surface area (Å²) in [4.78, 5) is 14.8. The number of carbonyl (C=O) groups excluding carboxylic acids is 1. The van der Waals surface area contributed by atoms with E-state index in [2.05, 4.69) is 37.4 Å². The zero-order chi connectivity index (χ0) is 13.4. The lowest BCUT2D eigenvalue weighted by molar-refractivity contribution is -0.124. The van der Waals surface area contributed by atoms with Crippen LogP contribution in [0.3, 0.4) is 0 Å². The number of anilines is 1. The number of halogens is 1. The van der Waals surface area contributed by atoms with Gasteiger partial charge in [0.1, 0.15) is 0 Å². The molecule has 2 aliphatic rings. The molecule has 1 fully saturated rings. The summed E-state index contributed by atoms with van der Waals surface area (Å²) in [7, 11) is 0. The number of fused-ring (bicyclic) bond motifs is 1. The number of benzene rings is 1. The van der Waals surface area contributed by atoms with Crippen molar-refractivity contribution in [2.24, 2.45) is 17.8 Å². The lowest BCUT2D eigenvalue weighted by Gasteiger charge is -2.38. The maximum absolute atomic E-state index is 12.7. The zero-order valence-corrected chi connectivity index (χ0v) is 13.0. The van der Waals surface area contributed by atoms with Gasteiger partial charge in [-0.05, 0) is 43.0 Å². The average molecular weight is 295 g/mol. The first-order valence-electron chi connectivity index (χ1n) is 7.27. The molecule has 2 heterocycles. The Morgan fingerprint density at radius 3 is 2.70 bits per heavy atom. The summed E-state index contributed by atoms with van der Waals surface area (Å²) in [6, 6.07) is 8.34. The number of rotatable bonds is 2. The number of amides is 1. The van der Waals surface area contributed by atoms with Gasteiger partial charge in [0.2, 0.25) is 5.91 Å². The maximum Gasteiger partial charge on any atom is 0.230 e. The summed E-state index contributed by atoms with van der Waals surface area (Å²) in [6.07, 6.45) is 1.08. The average Bonchev–Trinajstić information content (AvgIpc) is 2.34. The van der Waals surface area contributed by atoms with Crippen LogP contribution in [0.2, 0.25) is 0 Å². The molecule has 2 unspecified atom stereocenters. The van der Waals surface area contributed by atoms with E-state index < -0.39 is 0 Å². The Balaban J connectivity index is 0.00000147. The predicted octanol–water partition coefficient (Wildman–Crippen LogP) is 2.49. The van der Waals surface area contributed by atoms with E-state index in [1.165, 1.54) is 5.56 Å². The summed E-state index contributed by atoms with van der Waals surface area (Å²) in [5, 5.41) is 3.26. The van der Waals surface area contributed by atoms with Crippen molar-refractivity contribution in [1.29, 1.82) is 0 Å². The Bertz CT molecular complexity index is 487. The minimum Gasteiger partial charge on any atom is -0.316 e. The van der Waals surface area contributed by atoms with Crippen LogP contribution in [-0.4, -0.2) is 25.5 Å². The molecule has 3 nitrogen and oxygen atoms in total. The molecule has 110 valence electrons. The second-order valence-corrected chi connectivity index (χ2v) is 6.09. The molecular formula is C16H23ClN2O. The van der Waals surface area contributed by atoms with E-state index in [0.717, 1.165) is 31.7 Å². The number of carbonyl (C=O) groups is 1. The van der Waals surface area contributed by atoms with Crippen LogP contribution >= 0.6 is 12.4 Å². The van der Waals surface area contributed by atoms with Crippen molar-refractivity contribution in [3.8, 4) is 0 Å². The standard InChI is InChI=1S/C16H22N2O.ClH/c1-11-7-13-5-3-4-6-15(13)18(10-11)16(19)12(2)14-8-17-9-14;/h3-6,11-12,14,17H,7-10H2,1-2H3;1H. The highest BCUT2D eigenvalue weighted by Crippen LogP contribution is 2.31. The van der Waals surface area contributed by atoms with Crippen molar-refractivity contribution < 1.29 is 4.79 Å². The van der Waals surface area contributed by atoms with Crippen LogP contribution in [0, 0.1) is 17.8 Å². The largest absolute Gasteiger partial charge is 0.316 e. The molecule has 2 aliphatic heterocycles. The fourth-order valence-electron chi connectivity index (χ4n) is 3.12. The summed E-state index contributed by atoms with van der Waals surface area (Å²) in [6.45, 7) is 7.14. The summed E-state index contributed by atoms with van der Waals surface area (Å²) in [5.41, 5.74) is 2.44. The fraction of sp³-hybridized carbons (Fsp3) is 0.562. The molecule has 1 saturated heterocycles. The van der Waals surface area contributed by atoms with Crippen LogP contribution in [0.25, 0.3) is 0 Å². The summed E-state index contributed by atoms with van der Waals surface area (Å²) < 4.78 is 0. The Labute approximate surface area is 127 Å². The number of hydrogen-bond acceptors (Lipinski definition) is 2. The van der Waals surface area contributed by atoms with Gasteiger partial charge < -0.3 is 10.2 Å². The highest BCUT2D eigenvalue weighted by atomic mass is 35.5. The Morgan fingerprint density at radius 2 is 2.05 bits per heavy atom. The van der Waals surface area contributed by atoms with E-state index in [4.69, 9.17) is 0 Å². The molecule has 1 aromatic rings. The van der Waals surface area contributed by atoms with Crippen molar-refractivity contribution in [1.82, 2.24) is 5.32 Å². The van der Waals surface area contributed by atoms with Gasteiger partial charge in [-0.25, -0.2) is 0 Å². The normalized spacial score (nSPS) is 23.3. The molecule has 0 aliphatic carbocycles. The van der Waals surface area contributed by atoms with Gasteiger partial charge in [-0.2, -0.15) is 0 Å². The summed E-state index contributed by atoms with van der Waals surface area (Å²) >= 11 is 0. The van der Waals surface area contributed by atoms with Gasteiger partial charge in [0.25, 0.3) is 0 Å². The van der Waals surface area contributed by atoms with Crippen LogP contribution in [0.5, 0.6) is 0 Å². The van der Waals surface area contributed by atoms with Crippen molar-refractivity contribution in [2.45, 2.75) is 20.3 Å². The van der Waals surface area contributed by atoms with E-state index in [1.807, 2.05) is 11.0 Å². The molecule has 2 atom stereocenters. The Kier molecular flexibility index (Phi) is 4.71. The van der Waals surface area contributed by atoms with E-state index >= 15 is 0 Å². The monoisotopic (exact) mass is 294 g/mol. The lowest BCUT2D eigenvalue weighted by atomic mass is 9.86. The summed E-state index contributed by atoms with van der Waals surface area (Å²) in [5.74, 6) is 1.48. The van der Waals surface area contributed by atoms with Crippen LogP contribution < -0.4 is 10.2 Å². The molecule has 1 N–H and O–H groups in total. The molecule has 0 bridgehead atoms. The van der Waals surface area contributed by atoms with Gasteiger partial charge in [-0.15, -0.1) is 12.4 Å². The highest BCUT2D eigenvalue weighted by Gasteiger charge is 2.34. The van der Waals surface area contributed by atoms with E-state index in [9.17, 15) is 4.79 Å². The predicted molar refractivity (Wildman–Crippen MR) is 84.4 cm³/mol. The van der Waals surface area contributed by atoms with Crippen LogP contribution in [-0.2, 0) is 11.2 Å².